The zero-order chi connectivity index (χ0) is 15.6. The molecule has 5 nitrogen and oxygen atoms in total. The Labute approximate surface area is 132 Å². The summed E-state index contributed by atoms with van der Waals surface area (Å²) in [4.78, 5) is 26.0. The molecule has 2 amide bonds. The normalized spacial score (nSPS) is 19.1. The second kappa shape index (κ2) is 6.05. The molecular formula is C15H19BrN2O3. The van der Waals surface area contributed by atoms with Crippen LogP contribution in [0.5, 0.6) is 0 Å². The first kappa shape index (κ1) is 15.8. The van der Waals surface area contributed by atoms with Crippen LogP contribution >= 0.6 is 15.9 Å². The van der Waals surface area contributed by atoms with Crippen LogP contribution < -0.4 is 5.32 Å². The molecule has 0 aromatic heterocycles. The maximum absolute atomic E-state index is 12.3. The average molecular weight is 355 g/mol. The Balaban J connectivity index is 2.27. The van der Waals surface area contributed by atoms with Crippen LogP contribution in [0.15, 0.2) is 28.7 Å². The second-order valence-electron chi connectivity index (χ2n) is 5.92. The van der Waals surface area contributed by atoms with E-state index in [2.05, 4.69) is 21.2 Å². The van der Waals surface area contributed by atoms with Crippen molar-refractivity contribution in [3.05, 3.63) is 34.3 Å². The number of carbonyl (C=O) groups is 2. The molecule has 0 bridgehead atoms. The van der Waals surface area contributed by atoms with Gasteiger partial charge in [-0.1, -0.05) is 28.1 Å². The molecule has 1 aromatic carbocycles. The number of nitrogens with one attached hydrogen (secondary N) is 1. The van der Waals surface area contributed by atoms with Gasteiger partial charge in [-0.25, -0.2) is 4.79 Å². The van der Waals surface area contributed by atoms with Gasteiger partial charge in [0.25, 0.3) is 0 Å². The third kappa shape index (κ3) is 3.97. The number of halogens is 1. The molecule has 1 atom stereocenters. The summed E-state index contributed by atoms with van der Waals surface area (Å²) in [6.45, 7) is 6.29. The number of amides is 2. The molecule has 1 N–H and O–H groups in total. The molecule has 0 radical (unpaired) electrons. The number of hydrogen-bond donors (Lipinski definition) is 1. The Morgan fingerprint density at radius 2 is 1.95 bits per heavy atom. The largest absolute Gasteiger partial charge is 0.444 e. The summed E-state index contributed by atoms with van der Waals surface area (Å²) in [6.07, 6.45) is -0.467. The van der Waals surface area contributed by atoms with Crippen LogP contribution in [0.3, 0.4) is 0 Å². The average Bonchev–Trinajstić information content (AvgIpc) is 2.38. The Kier molecular flexibility index (Phi) is 4.56. The summed E-state index contributed by atoms with van der Waals surface area (Å²) >= 11 is 3.36. The van der Waals surface area contributed by atoms with Crippen molar-refractivity contribution in [1.82, 2.24) is 10.2 Å². The van der Waals surface area contributed by atoms with Gasteiger partial charge in [0.15, 0.2) is 0 Å². The third-order valence-electron chi connectivity index (χ3n) is 3.03. The van der Waals surface area contributed by atoms with Gasteiger partial charge in [0.2, 0.25) is 5.91 Å². The summed E-state index contributed by atoms with van der Waals surface area (Å²) in [5.41, 5.74) is 0.177. The zero-order valence-electron chi connectivity index (χ0n) is 12.4. The summed E-state index contributed by atoms with van der Waals surface area (Å²) < 4.78 is 6.32. The molecule has 2 rings (SSSR count). The van der Waals surface area contributed by atoms with E-state index >= 15 is 0 Å². The highest BCUT2D eigenvalue weighted by Gasteiger charge is 2.36. The van der Waals surface area contributed by atoms with Crippen LogP contribution in [0.4, 0.5) is 4.79 Å². The lowest BCUT2D eigenvalue weighted by atomic mass is 10.0. The quantitative estimate of drug-likeness (QED) is 0.843. The van der Waals surface area contributed by atoms with Crippen molar-refractivity contribution in [3.8, 4) is 0 Å². The lowest BCUT2D eigenvalue weighted by Gasteiger charge is -2.36. The summed E-state index contributed by atoms with van der Waals surface area (Å²) in [7, 11) is 0. The number of carbonyl (C=O) groups excluding carboxylic acids is 2. The summed E-state index contributed by atoms with van der Waals surface area (Å²) in [5.74, 6) is -0.186. The molecular weight excluding hydrogens is 336 g/mol. The summed E-state index contributed by atoms with van der Waals surface area (Å²) in [6, 6.07) is 6.71. The SMILES string of the molecule is CC(C)(C)OC(=O)N1CCNC(=O)C1c1ccc(Br)cc1. The molecule has 1 aromatic rings. The van der Waals surface area contributed by atoms with Crippen molar-refractivity contribution < 1.29 is 14.3 Å². The number of ether oxygens (including phenoxy) is 1. The maximum atomic E-state index is 12.3. The van der Waals surface area contributed by atoms with E-state index in [1.54, 1.807) is 0 Å². The fourth-order valence-corrected chi connectivity index (χ4v) is 2.42. The molecule has 1 fully saturated rings. The molecule has 0 spiro atoms. The van der Waals surface area contributed by atoms with E-state index in [4.69, 9.17) is 4.74 Å². The number of piperazine rings is 1. The number of benzene rings is 1. The molecule has 1 heterocycles. The van der Waals surface area contributed by atoms with Gasteiger partial charge < -0.3 is 10.1 Å². The highest BCUT2D eigenvalue weighted by atomic mass is 79.9. The van der Waals surface area contributed by atoms with Crippen molar-refractivity contribution >= 4 is 27.9 Å². The summed E-state index contributed by atoms with van der Waals surface area (Å²) in [5, 5.41) is 2.79. The van der Waals surface area contributed by atoms with E-state index in [9.17, 15) is 9.59 Å². The first-order valence-electron chi connectivity index (χ1n) is 6.81. The van der Waals surface area contributed by atoms with Crippen molar-refractivity contribution in [1.29, 1.82) is 0 Å². The monoisotopic (exact) mass is 354 g/mol. The smallest absolute Gasteiger partial charge is 0.411 e. The Morgan fingerprint density at radius 1 is 1.33 bits per heavy atom. The van der Waals surface area contributed by atoms with E-state index in [0.29, 0.717) is 13.1 Å². The minimum absolute atomic E-state index is 0.186. The second-order valence-corrected chi connectivity index (χ2v) is 6.83. The Bertz CT molecular complexity index is 537. The van der Waals surface area contributed by atoms with E-state index in [1.165, 1.54) is 4.90 Å². The van der Waals surface area contributed by atoms with Gasteiger partial charge in [0.1, 0.15) is 11.6 Å². The standard InChI is InChI=1S/C15H19BrN2O3/c1-15(2,3)21-14(20)18-9-8-17-13(19)12(18)10-4-6-11(16)7-5-10/h4-7,12H,8-9H2,1-3H3,(H,17,19). The Hall–Kier alpha value is -1.56. The van der Waals surface area contributed by atoms with Crippen molar-refractivity contribution in [2.75, 3.05) is 13.1 Å². The third-order valence-corrected chi connectivity index (χ3v) is 3.55. The Morgan fingerprint density at radius 3 is 2.52 bits per heavy atom. The lowest BCUT2D eigenvalue weighted by molar-refractivity contribution is -0.129. The molecule has 1 aliphatic rings. The van der Waals surface area contributed by atoms with Crippen molar-refractivity contribution in [3.63, 3.8) is 0 Å². The van der Waals surface area contributed by atoms with Crippen LogP contribution in [0, 0.1) is 0 Å². The van der Waals surface area contributed by atoms with Crippen LogP contribution in [-0.2, 0) is 9.53 Å². The van der Waals surface area contributed by atoms with Gasteiger partial charge in [-0.3, -0.25) is 9.69 Å². The maximum Gasteiger partial charge on any atom is 0.411 e. The van der Waals surface area contributed by atoms with Gasteiger partial charge in [-0.15, -0.1) is 0 Å². The molecule has 6 heteroatoms. The molecule has 114 valence electrons. The minimum atomic E-state index is -0.651. The molecule has 1 unspecified atom stereocenters. The highest BCUT2D eigenvalue weighted by molar-refractivity contribution is 9.10. The van der Waals surface area contributed by atoms with Gasteiger partial charge >= 0.3 is 6.09 Å². The predicted molar refractivity (Wildman–Crippen MR) is 82.8 cm³/mol. The molecule has 1 aliphatic heterocycles. The van der Waals surface area contributed by atoms with Gasteiger partial charge in [0.05, 0.1) is 0 Å². The number of hydrogen-bond acceptors (Lipinski definition) is 3. The van der Waals surface area contributed by atoms with Crippen LogP contribution in [-0.4, -0.2) is 35.6 Å². The van der Waals surface area contributed by atoms with E-state index < -0.39 is 17.7 Å². The molecule has 0 aliphatic carbocycles. The first-order chi connectivity index (χ1) is 9.78. The van der Waals surface area contributed by atoms with E-state index in [1.807, 2.05) is 45.0 Å². The topological polar surface area (TPSA) is 58.6 Å². The van der Waals surface area contributed by atoms with E-state index in [0.717, 1.165) is 10.0 Å². The van der Waals surface area contributed by atoms with Crippen LogP contribution in [0.25, 0.3) is 0 Å². The fourth-order valence-electron chi connectivity index (χ4n) is 2.16. The van der Waals surface area contributed by atoms with Crippen molar-refractivity contribution in [2.45, 2.75) is 32.4 Å². The van der Waals surface area contributed by atoms with Crippen molar-refractivity contribution in [2.24, 2.45) is 0 Å². The molecule has 21 heavy (non-hydrogen) atoms. The highest BCUT2D eigenvalue weighted by Crippen LogP contribution is 2.26. The lowest BCUT2D eigenvalue weighted by Crippen LogP contribution is -2.53. The van der Waals surface area contributed by atoms with Crippen LogP contribution in [0.2, 0.25) is 0 Å². The zero-order valence-corrected chi connectivity index (χ0v) is 13.9. The van der Waals surface area contributed by atoms with Crippen LogP contribution in [0.1, 0.15) is 32.4 Å². The van der Waals surface area contributed by atoms with Gasteiger partial charge in [0, 0.05) is 17.6 Å². The van der Waals surface area contributed by atoms with E-state index in [-0.39, 0.29) is 5.91 Å². The fraction of sp³-hybridized carbons (Fsp3) is 0.467. The predicted octanol–water partition coefficient (Wildman–Crippen LogP) is 2.86. The number of nitrogens with zero attached hydrogens (tertiary/aromatic N) is 1. The van der Waals surface area contributed by atoms with Gasteiger partial charge in [-0.05, 0) is 38.5 Å². The van der Waals surface area contributed by atoms with Gasteiger partial charge in [-0.2, -0.15) is 0 Å². The minimum Gasteiger partial charge on any atom is -0.444 e. The molecule has 0 saturated carbocycles. The molecule has 1 saturated heterocycles. The first-order valence-corrected chi connectivity index (χ1v) is 7.60. The number of rotatable bonds is 1.